The van der Waals surface area contributed by atoms with Crippen molar-refractivity contribution in [2.45, 2.75) is 12.5 Å². The Morgan fingerprint density at radius 2 is 2.32 bits per heavy atom. The van der Waals surface area contributed by atoms with Crippen molar-refractivity contribution < 1.29 is 14.7 Å². The maximum Gasteiger partial charge on any atom is 0.326 e. The first-order valence-electron chi connectivity index (χ1n) is 6.56. The lowest BCUT2D eigenvalue weighted by Crippen LogP contribution is -2.44. The first-order valence-corrected chi connectivity index (χ1v) is 9.17. The van der Waals surface area contributed by atoms with Gasteiger partial charge < -0.3 is 9.67 Å². The fourth-order valence-corrected chi connectivity index (χ4v) is 3.90. The minimum absolute atomic E-state index is 0.305. The number of nitrogens with zero attached hydrogens (tertiary/aromatic N) is 2. The molecule has 22 heavy (non-hydrogen) atoms. The molecule has 0 aromatic carbocycles. The van der Waals surface area contributed by atoms with E-state index in [1.54, 1.807) is 17.8 Å². The van der Waals surface area contributed by atoms with Gasteiger partial charge in [-0.15, -0.1) is 0 Å². The fraction of sp³-hybridized carbons (Fsp3) is 0.357. The molecule has 2 rings (SSSR count). The highest BCUT2D eigenvalue weighted by molar-refractivity contribution is 8.26. The van der Waals surface area contributed by atoms with Gasteiger partial charge in [0.05, 0.1) is 4.91 Å². The van der Waals surface area contributed by atoms with Crippen LogP contribution in [0.2, 0.25) is 0 Å². The second-order valence-corrected chi connectivity index (χ2v) is 7.39. The molecule has 1 fully saturated rings. The first kappa shape index (κ1) is 17.1. The van der Waals surface area contributed by atoms with Crippen molar-refractivity contribution in [3.63, 3.8) is 0 Å². The van der Waals surface area contributed by atoms with Gasteiger partial charge in [0, 0.05) is 18.9 Å². The van der Waals surface area contributed by atoms with E-state index < -0.39 is 12.0 Å². The summed E-state index contributed by atoms with van der Waals surface area (Å²) in [6.45, 7) is 0. The zero-order valence-electron chi connectivity index (χ0n) is 12.2. The topological polar surface area (TPSA) is 62.5 Å². The van der Waals surface area contributed by atoms with Crippen LogP contribution >= 0.6 is 35.7 Å². The molecule has 0 bridgehead atoms. The molecule has 5 nitrogen and oxygen atoms in total. The Kier molecular flexibility index (Phi) is 5.71. The number of aliphatic carboxylic acids is 1. The van der Waals surface area contributed by atoms with Gasteiger partial charge in [0.25, 0.3) is 5.91 Å². The van der Waals surface area contributed by atoms with Crippen LogP contribution < -0.4 is 0 Å². The van der Waals surface area contributed by atoms with Gasteiger partial charge in [-0.05, 0) is 36.6 Å². The van der Waals surface area contributed by atoms with E-state index in [2.05, 4.69) is 0 Å². The van der Waals surface area contributed by atoms with Crippen LogP contribution in [0.3, 0.4) is 0 Å². The first-order chi connectivity index (χ1) is 10.5. The van der Waals surface area contributed by atoms with Gasteiger partial charge in [0.1, 0.15) is 10.4 Å². The van der Waals surface area contributed by atoms with E-state index in [4.69, 9.17) is 12.2 Å². The smallest absolute Gasteiger partial charge is 0.326 e. The summed E-state index contributed by atoms with van der Waals surface area (Å²) >= 11 is 7.92. The van der Waals surface area contributed by atoms with Crippen molar-refractivity contribution in [3.8, 4) is 0 Å². The predicted molar refractivity (Wildman–Crippen MR) is 94.8 cm³/mol. The monoisotopic (exact) mass is 356 g/mol. The van der Waals surface area contributed by atoms with Gasteiger partial charge in [0.15, 0.2) is 0 Å². The highest BCUT2D eigenvalue weighted by atomic mass is 32.2. The number of carboxylic acid groups (broad SMARTS) is 1. The maximum atomic E-state index is 12.5. The minimum atomic E-state index is -1.02. The van der Waals surface area contributed by atoms with Gasteiger partial charge >= 0.3 is 5.97 Å². The van der Waals surface area contributed by atoms with Crippen molar-refractivity contribution in [2.75, 3.05) is 12.0 Å². The van der Waals surface area contributed by atoms with Crippen molar-refractivity contribution in [1.82, 2.24) is 9.47 Å². The van der Waals surface area contributed by atoms with Crippen LogP contribution in [0.25, 0.3) is 6.08 Å². The molecule has 2 heterocycles. The number of amides is 1. The number of thiocarbonyl (C=S) groups is 1. The average Bonchev–Trinajstić information content (AvgIpc) is 2.97. The molecule has 0 aliphatic carbocycles. The van der Waals surface area contributed by atoms with Crippen LogP contribution in [0.4, 0.5) is 0 Å². The Balaban J connectivity index is 2.26. The van der Waals surface area contributed by atoms with Crippen molar-refractivity contribution in [2.24, 2.45) is 7.05 Å². The summed E-state index contributed by atoms with van der Waals surface area (Å²) in [6.07, 6.45) is 5.90. The zero-order valence-corrected chi connectivity index (χ0v) is 14.6. The second kappa shape index (κ2) is 7.34. The van der Waals surface area contributed by atoms with Gasteiger partial charge in [-0.3, -0.25) is 9.69 Å². The number of thioether (sulfide) groups is 2. The summed E-state index contributed by atoms with van der Waals surface area (Å²) in [5, 5.41) is 9.39. The van der Waals surface area contributed by atoms with E-state index in [1.807, 2.05) is 36.2 Å². The van der Waals surface area contributed by atoms with Crippen LogP contribution in [-0.4, -0.2) is 48.8 Å². The molecule has 1 atom stereocenters. The van der Waals surface area contributed by atoms with E-state index in [1.165, 1.54) is 4.90 Å². The number of hydrogen-bond donors (Lipinski definition) is 1. The molecular formula is C14H16N2O3S3. The summed E-state index contributed by atoms with van der Waals surface area (Å²) in [5.74, 6) is -0.694. The van der Waals surface area contributed by atoms with Crippen LogP contribution in [0, 0.1) is 0 Å². The third-order valence-electron chi connectivity index (χ3n) is 3.28. The van der Waals surface area contributed by atoms with Crippen molar-refractivity contribution in [3.05, 3.63) is 28.9 Å². The summed E-state index contributed by atoms with van der Waals surface area (Å²) in [4.78, 5) is 25.7. The third kappa shape index (κ3) is 3.56. The second-order valence-electron chi connectivity index (χ2n) is 4.73. The van der Waals surface area contributed by atoms with Gasteiger partial charge in [-0.1, -0.05) is 24.0 Å². The van der Waals surface area contributed by atoms with Crippen molar-refractivity contribution in [1.29, 1.82) is 0 Å². The molecule has 1 unspecified atom stereocenters. The Hall–Kier alpha value is -1.25. The molecule has 1 aromatic heterocycles. The lowest BCUT2D eigenvalue weighted by molar-refractivity contribution is -0.145. The number of carbonyl (C=O) groups excluding carboxylic acids is 1. The average molecular weight is 356 g/mol. The predicted octanol–water partition coefficient (Wildman–Crippen LogP) is 2.43. The standard InChI is InChI=1S/C14H16N2O3S3/c1-15-6-3-4-9(15)8-11-12(17)16(14(20)22-11)10(13(18)19)5-7-21-2/h3-4,6,8,10H,5,7H2,1-2H3,(H,18,19)/b11-8-. The number of hydrogen-bond acceptors (Lipinski definition) is 5. The summed E-state index contributed by atoms with van der Waals surface area (Å²) < 4.78 is 2.19. The summed E-state index contributed by atoms with van der Waals surface area (Å²) in [7, 11) is 1.88. The molecule has 118 valence electrons. The normalized spacial score (nSPS) is 18.3. The summed E-state index contributed by atoms with van der Waals surface area (Å²) in [6, 6.07) is 2.86. The highest BCUT2D eigenvalue weighted by Gasteiger charge is 2.40. The Morgan fingerprint density at radius 1 is 1.59 bits per heavy atom. The molecule has 0 radical (unpaired) electrons. The van der Waals surface area contributed by atoms with E-state index in [-0.39, 0.29) is 5.91 Å². The van der Waals surface area contributed by atoms with Crippen LogP contribution in [0.5, 0.6) is 0 Å². The molecule has 8 heteroatoms. The summed E-state index contributed by atoms with van der Waals surface area (Å²) in [5.41, 5.74) is 0.872. The molecule has 1 aliphatic heterocycles. The van der Waals surface area contributed by atoms with E-state index in [0.29, 0.717) is 21.4 Å². The Labute approximate surface area is 142 Å². The number of aryl methyl sites for hydroxylation is 1. The van der Waals surface area contributed by atoms with Crippen LogP contribution in [0.15, 0.2) is 23.2 Å². The van der Waals surface area contributed by atoms with Gasteiger partial charge in [0.2, 0.25) is 0 Å². The van der Waals surface area contributed by atoms with Crippen LogP contribution in [0.1, 0.15) is 12.1 Å². The molecular weight excluding hydrogens is 340 g/mol. The number of aromatic nitrogens is 1. The molecule has 0 spiro atoms. The van der Waals surface area contributed by atoms with E-state index >= 15 is 0 Å². The number of carbonyl (C=O) groups is 2. The van der Waals surface area contributed by atoms with Crippen molar-refractivity contribution >= 4 is 58.0 Å². The number of carboxylic acids is 1. The highest BCUT2D eigenvalue weighted by Crippen LogP contribution is 2.34. The maximum absolute atomic E-state index is 12.5. The third-order valence-corrected chi connectivity index (χ3v) is 5.25. The molecule has 1 aliphatic rings. The minimum Gasteiger partial charge on any atom is -0.480 e. The fourth-order valence-electron chi connectivity index (χ4n) is 2.10. The van der Waals surface area contributed by atoms with E-state index in [9.17, 15) is 14.7 Å². The molecule has 1 N–H and O–H groups in total. The Bertz CT molecular complexity index is 639. The lowest BCUT2D eigenvalue weighted by atomic mass is 10.2. The van der Waals surface area contributed by atoms with Crippen LogP contribution in [-0.2, 0) is 16.6 Å². The Morgan fingerprint density at radius 3 is 2.86 bits per heavy atom. The largest absolute Gasteiger partial charge is 0.480 e. The van der Waals surface area contributed by atoms with E-state index in [0.717, 1.165) is 17.5 Å². The molecule has 0 saturated carbocycles. The van der Waals surface area contributed by atoms with Gasteiger partial charge in [-0.2, -0.15) is 11.8 Å². The zero-order chi connectivity index (χ0) is 16.3. The molecule has 1 saturated heterocycles. The lowest BCUT2D eigenvalue weighted by Gasteiger charge is -2.22. The SMILES string of the molecule is CSCCC(C(=O)O)N1C(=O)/C(=C/c2cccn2C)SC1=S. The molecule has 1 aromatic rings. The number of rotatable bonds is 6. The molecule has 1 amide bonds. The quantitative estimate of drug-likeness (QED) is 0.624. The van der Waals surface area contributed by atoms with Gasteiger partial charge in [-0.25, -0.2) is 4.79 Å².